The first-order valence-corrected chi connectivity index (χ1v) is 7.90. The summed E-state index contributed by atoms with van der Waals surface area (Å²) < 4.78 is 2.05. The molecule has 118 valence electrons. The highest BCUT2D eigenvalue weighted by molar-refractivity contribution is 5.69. The first-order chi connectivity index (χ1) is 11.7. The van der Waals surface area contributed by atoms with Crippen molar-refractivity contribution in [3.8, 4) is 22.5 Å². The van der Waals surface area contributed by atoms with Gasteiger partial charge in [-0.1, -0.05) is 42.5 Å². The molecule has 0 fully saturated rings. The molecule has 0 N–H and O–H groups in total. The van der Waals surface area contributed by atoms with E-state index in [0.29, 0.717) is 0 Å². The van der Waals surface area contributed by atoms with E-state index >= 15 is 0 Å². The molecule has 0 aliphatic carbocycles. The Morgan fingerprint density at radius 1 is 0.708 bits per heavy atom. The van der Waals surface area contributed by atoms with Crippen LogP contribution in [0.1, 0.15) is 0 Å². The third-order valence-corrected chi connectivity index (χ3v) is 4.15. The zero-order valence-corrected chi connectivity index (χ0v) is 13.7. The summed E-state index contributed by atoms with van der Waals surface area (Å²) in [6.45, 7) is 0. The highest BCUT2D eigenvalue weighted by atomic mass is 15.2. The van der Waals surface area contributed by atoms with E-state index in [-0.39, 0.29) is 0 Å². The Labute approximate surface area is 141 Å². The van der Waals surface area contributed by atoms with Gasteiger partial charge >= 0.3 is 0 Å². The molecule has 0 bridgehead atoms. The number of anilines is 1. The summed E-state index contributed by atoms with van der Waals surface area (Å²) in [6, 6.07) is 22.8. The van der Waals surface area contributed by atoms with Crippen molar-refractivity contribution in [1.29, 1.82) is 0 Å². The van der Waals surface area contributed by atoms with Crippen LogP contribution < -0.4 is 4.90 Å². The molecule has 4 heteroatoms. The summed E-state index contributed by atoms with van der Waals surface area (Å²) in [7, 11) is 4.09. The zero-order chi connectivity index (χ0) is 16.5. The Kier molecular flexibility index (Phi) is 3.50. The number of hydrogen-bond donors (Lipinski definition) is 0. The second-order valence-electron chi connectivity index (χ2n) is 5.98. The number of pyridine rings is 1. The molecular weight excluding hydrogens is 296 g/mol. The van der Waals surface area contributed by atoms with Crippen molar-refractivity contribution >= 4 is 11.3 Å². The molecule has 0 aliphatic heterocycles. The number of nitrogens with zero attached hydrogens (tertiary/aromatic N) is 4. The maximum atomic E-state index is 4.34. The smallest absolute Gasteiger partial charge is 0.168 e. The Morgan fingerprint density at radius 2 is 1.42 bits per heavy atom. The van der Waals surface area contributed by atoms with Crippen molar-refractivity contribution in [3.05, 3.63) is 72.9 Å². The van der Waals surface area contributed by atoms with E-state index in [0.717, 1.165) is 22.6 Å². The lowest BCUT2D eigenvalue weighted by atomic mass is 10.1. The molecule has 0 amide bonds. The molecule has 0 unspecified atom stereocenters. The molecule has 4 aromatic rings. The maximum absolute atomic E-state index is 4.34. The van der Waals surface area contributed by atoms with Crippen LogP contribution in [-0.4, -0.2) is 28.7 Å². The standard InChI is InChI=1S/C20H18N4/c1-23(2)18-11-8-15(9-12-18)17-10-13-19-21-22-20(24(19)14-17)16-6-4-3-5-7-16/h3-14H,1-2H3. The van der Waals surface area contributed by atoms with Crippen LogP contribution in [0.15, 0.2) is 72.9 Å². The van der Waals surface area contributed by atoms with Crippen LogP contribution in [0.5, 0.6) is 0 Å². The molecule has 0 spiro atoms. The number of rotatable bonds is 3. The third kappa shape index (κ3) is 2.52. The minimum absolute atomic E-state index is 0.850. The van der Waals surface area contributed by atoms with Crippen molar-refractivity contribution < 1.29 is 0 Å². The van der Waals surface area contributed by atoms with Crippen LogP contribution in [0, 0.1) is 0 Å². The molecule has 24 heavy (non-hydrogen) atoms. The second kappa shape index (κ2) is 5.81. The molecule has 0 saturated heterocycles. The second-order valence-corrected chi connectivity index (χ2v) is 5.98. The molecule has 2 heterocycles. The van der Waals surface area contributed by atoms with Gasteiger partial charge in [0.2, 0.25) is 0 Å². The molecule has 2 aromatic heterocycles. The van der Waals surface area contributed by atoms with Crippen LogP contribution in [-0.2, 0) is 0 Å². The van der Waals surface area contributed by atoms with Gasteiger partial charge in [-0.15, -0.1) is 10.2 Å². The number of benzene rings is 2. The van der Waals surface area contributed by atoms with Gasteiger partial charge in [0.15, 0.2) is 11.5 Å². The first kappa shape index (κ1) is 14.5. The molecule has 4 rings (SSSR count). The molecule has 0 atom stereocenters. The van der Waals surface area contributed by atoms with Gasteiger partial charge in [0.1, 0.15) is 0 Å². The number of fused-ring (bicyclic) bond motifs is 1. The van der Waals surface area contributed by atoms with Crippen LogP contribution in [0.3, 0.4) is 0 Å². The summed E-state index contributed by atoms with van der Waals surface area (Å²) in [6.07, 6.45) is 2.10. The molecule has 0 radical (unpaired) electrons. The Balaban J connectivity index is 1.80. The quantitative estimate of drug-likeness (QED) is 0.570. The third-order valence-electron chi connectivity index (χ3n) is 4.15. The van der Waals surface area contributed by atoms with Gasteiger partial charge in [0, 0.05) is 31.5 Å². The van der Waals surface area contributed by atoms with Crippen LogP contribution >= 0.6 is 0 Å². The fraction of sp³-hybridized carbons (Fsp3) is 0.100. The summed E-state index contributed by atoms with van der Waals surface area (Å²) in [5, 5.41) is 8.62. The molecule has 0 aliphatic rings. The average Bonchev–Trinajstić information content (AvgIpc) is 3.05. The van der Waals surface area contributed by atoms with Crippen molar-refractivity contribution in [3.63, 3.8) is 0 Å². The predicted molar refractivity (Wildman–Crippen MR) is 98.2 cm³/mol. The van der Waals surface area contributed by atoms with E-state index in [4.69, 9.17) is 0 Å². The van der Waals surface area contributed by atoms with Crippen molar-refractivity contribution in [2.24, 2.45) is 0 Å². The van der Waals surface area contributed by atoms with E-state index in [2.05, 4.69) is 63.8 Å². The van der Waals surface area contributed by atoms with Crippen molar-refractivity contribution in [1.82, 2.24) is 14.6 Å². The lowest BCUT2D eigenvalue weighted by Gasteiger charge is -2.12. The van der Waals surface area contributed by atoms with E-state index in [1.54, 1.807) is 0 Å². The van der Waals surface area contributed by atoms with E-state index in [1.165, 1.54) is 11.3 Å². The molecule has 0 saturated carbocycles. The van der Waals surface area contributed by atoms with Gasteiger partial charge in [0.25, 0.3) is 0 Å². The van der Waals surface area contributed by atoms with Crippen LogP contribution in [0.4, 0.5) is 5.69 Å². The zero-order valence-electron chi connectivity index (χ0n) is 13.7. The van der Waals surface area contributed by atoms with Crippen LogP contribution in [0.2, 0.25) is 0 Å². The first-order valence-electron chi connectivity index (χ1n) is 7.90. The van der Waals surface area contributed by atoms with Crippen LogP contribution in [0.25, 0.3) is 28.2 Å². The predicted octanol–water partition coefficient (Wildman–Crippen LogP) is 4.13. The summed E-state index contributed by atoms with van der Waals surface area (Å²) in [5.74, 6) is 0.859. The van der Waals surface area contributed by atoms with Gasteiger partial charge < -0.3 is 4.90 Å². The van der Waals surface area contributed by atoms with Gasteiger partial charge in [-0.05, 0) is 35.4 Å². The highest BCUT2D eigenvalue weighted by Gasteiger charge is 2.09. The SMILES string of the molecule is CN(C)c1ccc(-c2ccc3nnc(-c4ccccc4)n3c2)cc1. The lowest BCUT2D eigenvalue weighted by molar-refractivity contribution is 1.11. The Hall–Kier alpha value is -3.14. The fourth-order valence-electron chi connectivity index (χ4n) is 2.80. The van der Waals surface area contributed by atoms with Gasteiger partial charge in [-0.2, -0.15) is 0 Å². The summed E-state index contributed by atoms with van der Waals surface area (Å²) in [5.41, 5.74) is 5.42. The maximum Gasteiger partial charge on any atom is 0.168 e. The minimum Gasteiger partial charge on any atom is -0.378 e. The lowest BCUT2D eigenvalue weighted by Crippen LogP contribution is -2.07. The summed E-state index contributed by atoms with van der Waals surface area (Å²) in [4.78, 5) is 2.10. The number of aromatic nitrogens is 3. The van der Waals surface area contributed by atoms with Gasteiger partial charge in [0.05, 0.1) is 0 Å². The average molecular weight is 314 g/mol. The van der Waals surface area contributed by atoms with Gasteiger partial charge in [-0.3, -0.25) is 4.40 Å². The fourth-order valence-corrected chi connectivity index (χ4v) is 2.80. The van der Waals surface area contributed by atoms with E-state index in [9.17, 15) is 0 Å². The minimum atomic E-state index is 0.850. The Morgan fingerprint density at radius 3 is 2.12 bits per heavy atom. The number of hydrogen-bond acceptors (Lipinski definition) is 3. The van der Waals surface area contributed by atoms with Gasteiger partial charge in [-0.25, -0.2) is 0 Å². The monoisotopic (exact) mass is 314 g/mol. The highest BCUT2D eigenvalue weighted by Crippen LogP contribution is 2.25. The van der Waals surface area contributed by atoms with Crippen molar-refractivity contribution in [2.45, 2.75) is 0 Å². The molecule has 4 nitrogen and oxygen atoms in total. The molecular formula is C20H18N4. The topological polar surface area (TPSA) is 33.4 Å². The molecule has 2 aromatic carbocycles. The Bertz CT molecular complexity index is 970. The van der Waals surface area contributed by atoms with E-state index in [1.807, 2.05) is 42.8 Å². The van der Waals surface area contributed by atoms with Crippen molar-refractivity contribution in [2.75, 3.05) is 19.0 Å². The largest absolute Gasteiger partial charge is 0.378 e. The summed E-state index contributed by atoms with van der Waals surface area (Å²) >= 11 is 0. The normalized spacial score (nSPS) is 10.9. The van der Waals surface area contributed by atoms with E-state index < -0.39 is 0 Å².